The Morgan fingerprint density at radius 2 is 2.06 bits per heavy atom. The molecule has 0 aliphatic carbocycles. The van der Waals surface area contributed by atoms with E-state index in [0.717, 1.165) is 23.3 Å². The van der Waals surface area contributed by atoms with Gasteiger partial charge in [-0.05, 0) is 43.1 Å². The first kappa shape index (κ1) is 13.2. The van der Waals surface area contributed by atoms with Crippen molar-refractivity contribution >= 4 is 21.7 Å². The molecule has 1 aromatic rings. The highest BCUT2D eigenvalue weighted by molar-refractivity contribution is 9.10. The smallest absolute Gasteiger partial charge is 0.233 e. The van der Waals surface area contributed by atoms with E-state index in [4.69, 9.17) is 4.74 Å². The zero-order valence-electron chi connectivity index (χ0n) is 10.2. The van der Waals surface area contributed by atoms with E-state index in [9.17, 15) is 0 Å². The number of nitrogens with one attached hydrogen (secondary N) is 1. The first-order valence-electron chi connectivity index (χ1n) is 5.37. The molecule has 1 rings (SSSR count). The highest BCUT2D eigenvalue weighted by Gasteiger charge is 2.17. The molecule has 16 heavy (non-hydrogen) atoms. The second-order valence-corrected chi connectivity index (χ2v) is 5.28. The lowest BCUT2D eigenvalue weighted by atomic mass is 10.2. The van der Waals surface area contributed by atoms with E-state index < -0.39 is 0 Å². The van der Waals surface area contributed by atoms with Crippen molar-refractivity contribution in [2.45, 2.75) is 39.7 Å². The molecule has 5 heteroatoms. The van der Waals surface area contributed by atoms with E-state index in [0.29, 0.717) is 5.88 Å². The Balaban J connectivity index is 2.86. The van der Waals surface area contributed by atoms with Crippen molar-refractivity contribution in [3.63, 3.8) is 0 Å². The second kappa shape index (κ2) is 5.48. The molecule has 0 fully saturated rings. The summed E-state index contributed by atoms with van der Waals surface area (Å²) in [4.78, 5) is 8.27. The van der Waals surface area contributed by atoms with Gasteiger partial charge in [-0.25, -0.2) is 9.97 Å². The molecule has 0 radical (unpaired) electrons. The summed E-state index contributed by atoms with van der Waals surface area (Å²) in [6, 6.07) is 0. The lowest BCUT2D eigenvalue weighted by Gasteiger charge is -2.21. The molecule has 0 unspecified atom stereocenters. The first-order valence-corrected chi connectivity index (χ1v) is 6.16. The minimum atomic E-state index is -0.265. The Hall–Kier alpha value is -0.840. The summed E-state index contributed by atoms with van der Waals surface area (Å²) in [6.07, 6.45) is 2.55. The molecular weight excluding hydrogens is 270 g/mol. The predicted octanol–water partition coefficient (Wildman–Crippen LogP) is 3.24. The zero-order valence-corrected chi connectivity index (χ0v) is 11.8. The molecule has 0 aliphatic rings. The van der Waals surface area contributed by atoms with Crippen LogP contribution in [0.5, 0.6) is 5.88 Å². The van der Waals surface area contributed by atoms with Gasteiger partial charge in [-0.3, -0.25) is 0 Å². The molecule has 1 heterocycles. The van der Waals surface area contributed by atoms with Gasteiger partial charge < -0.3 is 10.1 Å². The molecule has 0 saturated carbocycles. The number of ether oxygens (including phenoxy) is 1. The van der Waals surface area contributed by atoms with Gasteiger partial charge in [0.2, 0.25) is 5.88 Å². The molecule has 1 N–H and O–H groups in total. The molecule has 0 bridgehead atoms. The van der Waals surface area contributed by atoms with Gasteiger partial charge in [0.1, 0.15) is 22.2 Å². The van der Waals surface area contributed by atoms with Gasteiger partial charge in [0.15, 0.2) is 0 Å². The zero-order chi connectivity index (χ0) is 12.2. The third-order valence-corrected chi connectivity index (χ3v) is 2.42. The van der Waals surface area contributed by atoms with Crippen molar-refractivity contribution in [3.8, 4) is 5.88 Å². The lowest BCUT2D eigenvalue weighted by Crippen LogP contribution is -2.24. The van der Waals surface area contributed by atoms with Crippen molar-refractivity contribution in [1.29, 1.82) is 0 Å². The lowest BCUT2D eigenvalue weighted by molar-refractivity contribution is 0.123. The van der Waals surface area contributed by atoms with Crippen LogP contribution in [0, 0.1) is 0 Å². The van der Waals surface area contributed by atoms with Crippen molar-refractivity contribution in [3.05, 3.63) is 10.8 Å². The summed E-state index contributed by atoms with van der Waals surface area (Å²) < 4.78 is 6.49. The van der Waals surface area contributed by atoms with E-state index >= 15 is 0 Å². The number of halogens is 1. The number of rotatable bonds is 4. The van der Waals surface area contributed by atoms with Crippen molar-refractivity contribution in [1.82, 2.24) is 9.97 Å². The summed E-state index contributed by atoms with van der Waals surface area (Å²) in [7, 11) is 0. The molecule has 0 atom stereocenters. The Morgan fingerprint density at radius 3 is 2.62 bits per heavy atom. The summed E-state index contributed by atoms with van der Waals surface area (Å²) in [6.45, 7) is 8.95. The predicted molar refractivity (Wildman–Crippen MR) is 68.9 cm³/mol. The molecular formula is C11H18BrN3O. The number of anilines is 1. The minimum Gasteiger partial charge on any atom is -0.471 e. The summed E-state index contributed by atoms with van der Waals surface area (Å²) in [5, 5.41) is 3.21. The molecule has 0 spiro atoms. The molecule has 90 valence electrons. The van der Waals surface area contributed by atoms with E-state index in [-0.39, 0.29) is 5.60 Å². The fourth-order valence-electron chi connectivity index (χ4n) is 1.08. The normalized spacial score (nSPS) is 11.3. The maximum atomic E-state index is 5.72. The van der Waals surface area contributed by atoms with Crippen LogP contribution in [0.25, 0.3) is 0 Å². The largest absolute Gasteiger partial charge is 0.471 e. The maximum Gasteiger partial charge on any atom is 0.233 e. The van der Waals surface area contributed by atoms with Crippen LogP contribution >= 0.6 is 15.9 Å². The Bertz CT molecular complexity index is 350. The van der Waals surface area contributed by atoms with E-state index in [1.54, 1.807) is 0 Å². The van der Waals surface area contributed by atoms with Gasteiger partial charge >= 0.3 is 0 Å². The standard InChI is InChI=1S/C11H18BrN3O/c1-5-6-13-9-8(12)10(15-7-14-9)16-11(2,3)4/h7H,5-6H2,1-4H3,(H,13,14,15). The van der Waals surface area contributed by atoms with Crippen LogP contribution in [0.3, 0.4) is 0 Å². The van der Waals surface area contributed by atoms with Gasteiger partial charge in [-0.2, -0.15) is 0 Å². The molecule has 0 aromatic carbocycles. The number of hydrogen-bond acceptors (Lipinski definition) is 4. The molecule has 1 aromatic heterocycles. The second-order valence-electron chi connectivity index (χ2n) is 4.48. The highest BCUT2D eigenvalue weighted by atomic mass is 79.9. The quantitative estimate of drug-likeness (QED) is 0.924. The first-order chi connectivity index (χ1) is 7.44. The number of hydrogen-bond donors (Lipinski definition) is 1. The van der Waals surface area contributed by atoms with Gasteiger partial charge in [0, 0.05) is 6.54 Å². The summed E-state index contributed by atoms with van der Waals surface area (Å²) in [5.41, 5.74) is -0.265. The average Bonchev–Trinajstić information content (AvgIpc) is 2.17. The molecule has 0 aliphatic heterocycles. The monoisotopic (exact) mass is 287 g/mol. The van der Waals surface area contributed by atoms with Gasteiger partial charge in [0.25, 0.3) is 0 Å². The average molecular weight is 288 g/mol. The van der Waals surface area contributed by atoms with Gasteiger partial charge in [-0.1, -0.05) is 6.92 Å². The molecule has 0 saturated heterocycles. The van der Waals surface area contributed by atoms with Crippen molar-refractivity contribution < 1.29 is 4.74 Å². The van der Waals surface area contributed by atoms with Crippen LogP contribution in [-0.2, 0) is 0 Å². The van der Waals surface area contributed by atoms with Crippen LogP contribution < -0.4 is 10.1 Å². The maximum absolute atomic E-state index is 5.72. The fraction of sp³-hybridized carbons (Fsp3) is 0.636. The van der Waals surface area contributed by atoms with Crippen LogP contribution in [0.1, 0.15) is 34.1 Å². The van der Waals surface area contributed by atoms with Crippen LogP contribution in [0.15, 0.2) is 10.8 Å². The van der Waals surface area contributed by atoms with Crippen LogP contribution in [-0.4, -0.2) is 22.1 Å². The fourth-order valence-corrected chi connectivity index (χ4v) is 1.51. The molecule has 0 amide bonds. The number of aromatic nitrogens is 2. The van der Waals surface area contributed by atoms with Gasteiger partial charge in [-0.15, -0.1) is 0 Å². The Kier molecular flexibility index (Phi) is 4.53. The van der Waals surface area contributed by atoms with E-state index in [2.05, 4.69) is 38.1 Å². The summed E-state index contributed by atoms with van der Waals surface area (Å²) in [5.74, 6) is 1.34. The SMILES string of the molecule is CCCNc1ncnc(OC(C)(C)C)c1Br. The Labute approximate surface area is 105 Å². The summed E-state index contributed by atoms with van der Waals surface area (Å²) >= 11 is 3.45. The van der Waals surface area contributed by atoms with Gasteiger partial charge in [0.05, 0.1) is 0 Å². The third-order valence-electron chi connectivity index (χ3n) is 1.70. The van der Waals surface area contributed by atoms with Crippen LogP contribution in [0.4, 0.5) is 5.82 Å². The van der Waals surface area contributed by atoms with Crippen LogP contribution in [0.2, 0.25) is 0 Å². The van der Waals surface area contributed by atoms with Crippen molar-refractivity contribution in [2.75, 3.05) is 11.9 Å². The van der Waals surface area contributed by atoms with E-state index in [1.165, 1.54) is 6.33 Å². The molecule has 4 nitrogen and oxygen atoms in total. The highest BCUT2D eigenvalue weighted by Crippen LogP contribution is 2.30. The minimum absolute atomic E-state index is 0.265. The number of nitrogens with zero attached hydrogens (tertiary/aromatic N) is 2. The Morgan fingerprint density at radius 1 is 1.38 bits per heavy atom. The third kappa shape index (κ3) is 3.96. The topological polar surface area (TPSA) is 47.0 Å². The van der Waals surface area contributed by atoms with E-state index in [1.807, 2.05) is 20.8 Å². The van der Waals surface area contributed by atoms with Crippen molar-refractivity contribution in [2.24, 2.45) is 0 Å².